The van der Waals surface area contributed by atoms with E-state index in [1.54, 1.807) is 18.2 Å². The second-order valence-electron chi connectivity index (χ2n) is 11.8. The maximum atomic E-state index is 13.2. The van der Waals surface area contributed by atoms with E-state index in [0.29, 0.717) is 39.9 Å². The fourth-order valence-corrected chi connectivity index (χ4v) is 4.50. The molecule has 5 aromatic rings. The van der Waals surface area contributed by atoms with Crippen molar-refractivity contribution >= 4 is 55.8 Å². The zero-order chi connectivity index (χ0) is 30.6. The normalized spacial score (nSPS) is 11.4. The Morgan fingerprint density at radius 1 is 0.907 bits per heavy atom. The molecule has 220 valence electrons. The first kappa shape index (κ1) is 30.0. The Morgan fingerprint density at radius 2 is 1.63 bits per heavy atom. The minimum atomic E-state index is -0.248. The summed E-state index contributed by atoms with van der Waals surface area (Å²) in [6.07, 6.45) is 1.48. The van der Waals surface area contributed by atoms with Gasteiger partial charge in [-0.1, -0.05) is 50.5 Å². The molecule has 9 heteroatoms. The summed E-state index contributed by atoms with van der Waals surface area (Å²) in [5.74, 6) is 1.78. The van der Waals surface area contributed by atoms with Gasteiger partial charge in [0.15, 0.2) is 11.4 Å². The molecule has 0 aliphatic carbocycles. The van der Waals surface area contributed by atoms with Gasteiger partial charge >= 0.3 is 0 Å². The Morgan fingerprint density at radius 3 is 2.33 bits per heavy atom. The molecule has 5 rings (SSSR count). The number of carbonyl (C=O) groups is 1. The van der Waals surface area contributed by atoms with Crippen molar-refractivity contribution in [1.29, 1.82) is 0 Å². The maximum absolute atomic E-state index is 13.2. The Labute approximate surface area is 260 Å². The number of hydrogen-bond acceptors (Lipinski definition) is 7. The predicted molar refractivity (Wildman–Crippen MR) is 178 cm³/mol. The van der Waals surface area contributed by atoms with Crippen molar-refractivity contribution in [3.05, 3.63) is 101 Å². The SMILES string of the molecule is CC(C)c1ccc2c(Nc3cc(C(=O)Nc4ccc(Br)cc4)ccc3Oc3ccc(NCC(C)(C)C)cc3)ncnc2n1. The first-order chi connectivity index (χ1) is 20.5. The van der Waals surface area contributed by atoms with E-state index in [-0.39, 0.29) is 17.2 Å². The lowest BCUT2D eigenvalue weighted by atomic mass is 9.97. The van der Waals surface area contributed by atoms with Crippen LogP contribution in [0.25, 0.3) is 11.0 Å². The molecular formula is C34H35BrN6O2. The molecule has 0 bridgehead atoms. The summed E-state index contributed by atoms with van der Waals surface area (Å²) in [4.78, 5) is 26.8. The van der Waals surface area contributed by atoms with Crippen LogP contribution in [0, 0.1) is 5.41 Å². The fraction of sp³-hybridized carbons (Fsp3) is 0.235. The summed E-state index contributed by atoms with van der Waals surface area (Å²) >= 11 is 3.43. The van der Waals surface area contributed by atoms with E-state index < -0.39 is 0 Å². The largest absolute Gasteiger partial charge is 0.455 e. The first-order valence-corrected chi connectivity index (χ1v) is 14.9. The molecule has 3 aromatic carbocycles. The van der Waals surface area contributed by atoms with Crippen LogP contribution in [0.2, 0.25) is 0 Å². The zero-order valence-electron chi connectivity index (χ0n) is 24.9. The van der Waals surface area contributed by atoms with Gasteiger partial charge in [-0.3, -0.25) is 4.79 Å². The molecule has 1 amide bonds. The third kappa shape index (κ3) is 7.87. The highest BCUT2D eigenvalue weighted by Gasteiger charge is 2.16. The molecule has 0 radical (unpaired) electrons. The molecule has 0 aliphatic heterocycles. The smallest absolute Gasteiger partial charge is 0.255 e. The van der Waals surface area contributed by atoms with Gasteiger partial charge < -0.3 is 20.7 Å². The topological polar surface area (TPSA) is 101 Å². The molecule has 3 N–H and O–H groups in total. The number of benzene rings is 3. The molecule has 43 heavy (non-hydrogen) atoms. The molecule has 2 aromatic heterocycles. The number of halogens is 1. The van der Waals surface area contributed by atoms with Crippen LogP contribution >= 0.6 is 15.9 Å². The lowest BCUT2D eigenvalue weighted by molar-refractivity contribution is 0.102. The summed E-state index contributed by atoms with van der Waals surface area (Å²) < 4.78 is 7.26. The third-order valence-corrected chi connectivity index (χ3v) is 7.14. The fourth-order valence-electron chi connectivity index (χ4n) is 4.24. The lowest BCUT2D eigenvalue weighted by Gasteiger charge is -2.20. The quantitative estimate of drug-likeness (QED) is 0.148. The molecule has 8 nitrogen and oxygen atoms in total. The van der Waals surface area contributed by atoms with E-state index in [9.17, 15) is 4.79 Å². The highest BCUT2D eigenvalue weighted by molar-refractivity contribution is 9.10. The van der Waals surface area contributed by atoms with Crippen LogP contribution in [0.5, 0.6) is 11.5 Å². The Balaban J connectivity index is 1.46. The van der Waals surface area contributed by atoms with Crippen molar-refractivity contribution in [2.75, 3.05) is 22.5 Å². The number of anilines is 4. The van der Waals surface area contributed by atoms with E-state index in [1.807, 2.05) is 60.7 Å². The van der Waals surface area contributed by atoms with Crippen molar-refractivity contribution in [2.24, 2.45) is 5.41 Å². The number of pyridine rings is 1. The van der Waals surface area contributed by atoms with Crippen molar-refractivity contribution in [2.45, 2.75) is 40.5 Å². The van der Waals surface area contributed by atoms with Gasteiger partial charge in [0.1, 0.15) is 17.9 Å². The van der Waals surface area contributed by atoms with Gasteiger partial charge in [-0.2, -0.15) is 0 Å². The minimum Gasteiger partial charge on any atom is -0.455 e. The van der Waals surface area contributed by atoms with Crippen LogP contribution in [0.4, 0.5) is 22.9 Å². The van der Waals surface area contributed by atoms with E-state index in [0.717, 1.165) is 27.8 Å². The minimum absolute atomic E-state index is 0.165. The number of rotatable bonds is 9. The Hall–Kier alpha value is -4.50. The summed E-state index contributed by atoms with van der Waals surface area (Å²) in [6.45, 7) is 11.6. The van der Waals surface area contributed by atoms with Gasteiger partial charge in [-0.15, -0.1) is 0 Å². The van der Waals surface area contributed by atoms with Gasteiger partial charge in [-0.25, -0.2) is 15.0 Å². The van der Waals surface area contributed by atoms with Gasteiger partial charge in [0.05, 0.1) is 11.1 Å². The van der Waals surface area contributed by atoms with Gasteiger partial charge in [-0.05, 0) is 90.2 Å². The number of nitrogens with zero attached hydrogens (tertiary/aromatic N) is 3. The highest BCUT2D eigenvalue weighted by atomic mass is 79.9. The van der Waals surface area contributed by atoms with E-state index in [4.69, 9.17) is 9.72 Å². The molecule has 0 atom stereocenters. The van der Waals surface area contributed by atoms with Crippen molar-refractivity contribution in [1.82, 2.24) is 15.0 Å². The Kier molecular flexibility index (Phi) is 8.92. The third-order valence-electron chi connectivity index (χ3n) is 6.61. The first-order valence-electron chi connectivity index (χ1n) is 14.2. The number of aromatic nitrogens is 3. The maximum Gasteiger partial charge on any atom is 0.255 e. The lowest BCUT2D eigenvalue weighted by Crippen LogP contribution is -2.18. The van der Waals surface area contributed by atoms with E-state index in [1.165, 1.54) is 6.33 Å². The number of hydrogen-bond donors (Lipinski definition) is 3. The number of fused-ring (bicyclic) bond motifs is 1. The molecule has 0 unspecified atom stereocenters. The summed E-state index contributed by atoms with van der Waals surface area (Å²) in [6, 6.07) is 24.5. The van der Waals surface area contributed by atoms with Crippen molar-refractivity contribution in [3.63, 3.8) is 0 Å². The zero-order valence-corrected chi connectivity index (χ0v) is 26.5. The van der Waals surface area contributed by atoms with Crippen LogP contribution < -0.4 is 20.7 Å². The Bertz CT molecular complexity index is 1730. The van der Waals surface area contributed by atoms with Crippen LogP contribution in [0.15, 0.2) is 89.7 Å². The van der Waals surface area contributed by atoms with Crippen LogP contribution in [0.1, 0.15) is 56.6 Å². The number of amides is 1. The molecule has 0 aliphatic rings. The molecule has 0 saturated carbocycles. The summed E-state index contributed by atoms with van der Waals surface area (Å²) in [5, 5.41) is 10.6. The number of nitrogens with one attached hydrogen (secondary N) is 3. The molecule has 0 fully saturated rings. The monoisotopic (exact) mass is 638 g/mol. The van der Waals surface area contributed by atoms with E-state index >= 15 is 0 Å². The second kappa shape index (κ2) is 12.8. The second-order valence-corrected chi connectivity index (χ2v) is 12.7. The number of ether oxygens (including phenoxy) is 1. The van der Waals surface area contributed by atoms with Crippen LogP contribution in [-0.4, -0.2) is 27.4 Å². The molecule has 2 heterocycles. The van der Waals surface area contributed by atoms with Gasteiger partial charge in [0, 0.05) is 33.6 Å². The highest BCUT2D eigenvalue weighted by Crippen LogP contribution is 2.35. The average molecular weight is 640 g/mol. The van der Waals surface area contributed by atoms with Crippen LogP contribution in [0.3, 0.4) is 0 Å². The van der Waals surface area contributed by atoms with Crippen molar-refractivity contribution < 1.29 is 9.53 Å². The molecule has 0 spiro atoms. The van der Waals surface area contributed by atoms with Crippen molar-refractivity contribution in [3.8, 4) is 11.5 Å². The van der Waals surface area contributed by atoms with Gasteiger partial charge in [0.2, 0.25) is 0 Å². The summed E-state index contributed by atoms with van der Waals surface area (Å²) in [5.41, 5.74) is 4.45. The van der Waals surface area contributed by atoms with E-state index in [2.05, 4.69) is 76.5 Å². The number of carbonyl (C=O) groups excluding carboxylic acids is 1. The van der Waals surface area contributed by atoms with Gasteiger partial charge in [0.25, 0.3) is 5.91 Å². The standard InChI is InChI=1S/C34H35BrN6O2/c1-21(2)28-16-15-27-31(40-28)37-20-38-32(27)41-29-18-22(33(42)39-25-9-7-23(35)8-10-25)6-17-30(29)43-26-13-11-24(12-14-26)36-19-34(3,4)5/h6-18,20-21,36H,19H2,1-5H3,(H,39,42)(H,37,38,40,41). The summed E-state index contributed by atoms with van der Waals surface area (Å²) in [7, 11) is 0. The van der Waals surface area contributed by atoms with Crippen LogP contribution in [-0.2, 0) is 0 Å². The predicted octanol–water partition coefficient (Wildman–Crippen LogP) is 9.16. The molecular weight excluding hydrogens is 604 g/mol. The average Bonchev–Trinajstić information content (AvgIpc) is 2.98. The molecule has 0 saturated heterocycles.